The molecule has 30 heavy (non-hydrogen) atoms. The third kappa shape index (κ3) is 3.81. The number of hydrogen-bond acceptors (Lipinski definition) is 3. The number of nitrogens with zero attached hydrogens (tertiary/aromatic N) is 1. The maximum Gasteiger partial charge on any atom is 0.268 e. The average molecular weight is 421 g/mol. The Kier molecular flexibility index (Phi) is 5.08. The smallest absolute Gasteiger partial charge is 0.268 e. The van der Waals surface area contributed by atoms with E-state index in [0.29, 0.717) is 40.5 Å². The van der Waals surface area contributed by atoms with Crippen molar-refractivity contribution < 1.29 is 9.59 Å². The Hall–Kier alpha value is -3.18. The fourth-order valence-electron chi connectivity index (χ4n) is 3.89. The van der Waals surface area contributed by atoms with E-state index in [4.69, 9.17) is 11.6 Å². The van der Waals surface area contributed by atoms with Gasteiger partial charge in [-0.1, -0.05) is 49.7 Å². The first-order valence-electron chi connectivity index (χ1n) is 9.70. The first-order valence-corrected chi connectivity index (χ1v) is 10.1. The number of carbonyl (C=O) groups is 2. The maximum absolute atomic E-state index is 13.4. The Morgan fingerprint density at radius 1 is 1.00 bits per heavy atom. The summed E-state index contributed by atoms with van der Waals surface area (Å²) in [5, 5.41) is 3.18. The number of pyridine rings is 1. The summed E-state index contributed by atoms with van der Waals surface area (Å²) in [5.74, 6) is -0.643. The first kappa shape index (κ1) is 20.1. The summed E-state index contributed by atoms with van der Waals surface area (Å²) in [6, 6.07) is 17.2. The number of nitrogens with one attached hydrogen (secondary N) is 1. The van der Waals surface area contributed by atoms with E-state index < -0.39 is 11.5 Å². The van der Waals surface area contributed by atoms with Crippen LogP contribution < -0.4 is 10.9 Å². The van der Waals surface area contributed by atoms with Crippen LogP contribution in [0.2, 0.25) is 5.02 Å². The zero-order valence-electron chi connectivity index (χ0n) is 16.7. The van der Waals surface area contributed by atoms with Gasteiger partial charge in [0.25, 0.3) is 11.5 Å². The largest absolute Gasteiger partial charge is 0.322 e. The minimum atomic E-state index is -0.576. The Labute approximate surface area is 179 Å². The number of anilines is 1. The topological polar surface area (TPSA) is 68.2 Å². The lowest BCUT2D eigenvalue weighted by molar-refractivity contribution is 0.0909. The molecule has 152 valence electrons. The number of carbonyl (C=O) groups excluding carboxylic acids is 2. The molecule has 0 radical (unpaired) electrons. The fraction of sp³-hybridized carbons (Fsp3) is 0.208. The zero-order chi connectivity index (χ0) is 21.5. The van der Waals surface area contributed by atoms with E-state index in [1.165, 1.54) is 10.6 Å². The second-order valence-electron chi connectivity index (χ2n) is 8.30. The third-order valence-corrected chi connectivity index (χ3v) is 5.47. The van der Waals surface area contributed by atoms with E-state index >= 15 is 0 Å². The molecule has 1 aliphatic carbocycles. The molecule has 1 aliphatic rings. The Bertz CT molecular complexity index is 1210. The van der Waals surface area contributed by atoms with E-state index in [9.17, 15) is 14.4 Å². The molecule has 2 aromatic carbocycles. The van der Waals surface area contributed by atoms with Crippen molar-refractivity contribution in [3.05, 3.63) is 92.9 Å². The van der Waals surface area contributed by atoms with Gasteiger partial charge in [-0.25, -0.2) is 0 Å². The van der Waals surface area contributed by atoms with Crippen LogP contribution in [0.25, 0.3) is 5.69 Å². The van der Waals surface area contributed by atoms with Crippen LogP contribution in [0.4, 0.5) is 5.69 Å². The number of hydrogen-bond donors (Lipinski definition) is 1. The van der Waals surface area contributed by atoms with Crippen LogP contribution in [0, 0.1) is 5.41 Å². The molecule has 0 saturated heterocycles. The number of amides is 1. The van der Waals surface area contributed by atoms with Crippen molar-refractivity contribution in [1.82, 2.24) is 4.57 Å². The summed E-state index contributed by atoms with van der Waals surface area (Å²) >= 11 is 5.99. The molecule has 1 aromatic heterocycles. The molecule has 1 amide bonds. The number of Topliss-reactive ketones (excluding diaryl/α,β-unsaturated/α-hetero) is 1. The van der Waals surface area contributed by atoms with E-state index in [1.807, 2.05) is 32.0 Å². The Morgan fingerprint density at radius 2 is 1.73 bits per heavy atom. The van der Waals surface area contributed by atoms with Gasteiger partial charge >= 0.3 is 0 Å². The van der Waals surface area contributed by atoms with Crippen molar-refractivity contribution in [2.24, 2.45) is 5.41 Å². The quantitative estimate of drug-likeness (QED) is 0.655. The van der Waals surface area contributed by atoms with Crippen LogP contribution in [-0.4, -0.2) is 16.3 Å². The minimum absolute atomic E-state index is 0.0669. The molecule has 0 spiro atoms. The monoisotopic (exact) mass is 420 g/mol. The lowest BCUT2D eigenvalue weighted by Crippen LogP contribution is -2.37. The molecule has 0 atom stereocenters. The summed E-state index contributed by atoms with van der Waals surface area (Å²) in [4.78, 5) is 39.3. The highest BCUT2D eigenvalue weighted by atomic mass is 35.5. The van der Waals surface area contributed by atoms with Crippen LogP contribution in [0.5, 0.6) is 0 Å². The fourth-order valence-corrected chi connectivity index (χ4v) is 4.08. The van der Waals surface area contributed by atoms with Crippen LogP contribution in [0.1, 0.15) is 46.7 Å². The number of para-hydroxylation sites is 1. The van der Waals surface area contributed by atoms with Gasteiger partial charge in [-0.3, -0.25) is 19.0 Å². The highest BCUT2D eigenvalue weighted by molar-refractivity contribution is 6.31. The summed E-state index contributed by atoms with van der Waals surface area (Å²) in [6.07, 6.45) is 0.927. The van der Waals surface area contributed by atoms with Crippen LogP contribution in [0.3, 0.4) is 0 Å². The van der Waals surface area contributed by atoms with E-state index in [-0.39, 0.29) is 16.8 Å². The predicted octanol–water partition coefficient (Wildman–Crippen LogP) is 4.90. The van der Waals surface area contributed by atoms with E-state index in [0.717, 1.165) is 0 Å². The van der Waals surface area contributed by atoms with E-state index in [1.54, 1.807) is 36.4 Å². The van der Waals surface area contributed by atoms with Crippen LogP contribution in [0.15, 0.2) is 65.5 Å². The molecule has 0 bridgehead atoms. The van der Waals surface area contributed by atoms with Crippen molar-refractivity contribution in [3.8, 4) is 5.69 Å². The molecule has 0 saturated carbocycles. The van der Waals surface area contributed by atoms with Crippen molar-refractivity contribution in [3.63, 3.8) is 0 Å². The molecule has 5 nitrogen and oxygen atoms in total. The third-order valence-electron chi connectivity index (χ3n) is 5.23. The molecule has 0 unspecified atom stereocenters. The average Bonchev–Trinajstić information content (AvgIpc) is 2.67. The van der Waals surface area contributed by atoms with Gasteiger partial charge in [-0.15, -0.1) is 0 Å². The number of ketones is 1. The molecular formula is C24H21ClN2O3. The SMILES string of the molecule is CC1(C)CC(=O)c2cc(C(=O)Nc3cccc(Cl)c3)c(=O)n(-c3ccccc3)c2C1. The number of halogens is 1. The Morgan fingerprint density at radius 3 is 2.43 bits per heavy atom. The normalized spacial score (nSPS) is 14.8. The highest BCUT2D eigenvalue weighted by Crippen LogP contribution is 2.35. The molecule has 0 aliphatic heterocycles. The van der Waals surface area contributed by atoms with Gasteiger partial charge in [0.15, 0.2) is 5.78 Å². The van der Waals surface area contributed by atoms with Gasteiger partial charge in [0.1, 0.15) is 5.56 Å². The summed E-state index contributed by atoms with van der Waals surface area (Å²) in [6.45, 7) is 4.01. The molecule has 1 N–H and O–H groups in total. The van der Waals surface area contributed by atoms with Crippen LogP contribution in [-0.2, 0) is 6.42 Å². The second kappa shape index (κ2) is 7.58. The molecule has 3 aromatic rings. The maximum atomic E-state index is 13.4. The molecule has 1 heterocycles. The molecule has 0 fully saturated rings. The zero-order valence-corrected chi connectivity index (χ0v) is 17.5. The van der Waals surface area contributed by atoms with Crippen molar-refractivity contribution in [1.29, 1.82) is 0 Å². The van der Waals surface area contributed by atoms with Gasteiger partial charge in [0, 0.05) is 34.1 Å². The summed E-state index contributed by atoms with van der Waals surface area (Å²) in [7, 11) is 0. The van der Waals surface area contributed by atoms with Gasteiger partial charge in [0.2, 0.25) is 0 Å². The van der Waals surface area contributed by atoms with Gasteiger partial charge in [-0.2, -0.15) is 0 Å². The molecular weight excluding hydrogens is 400 g/mol. The van der Waals surface area contributed by atoms with Gasteiger partial charge < -0.3 is 5.32 Å². The van der Waals surface area contributed by atoms with E-state index in [2.05, 4.69) is 5.32 Å². The number of benzene rings is 2. The molecule has 6 heteroatoms. The minimum Gasteiger partial charge on any atom is -0.322 e. The number of rotatable bonds is 3. The highest BCUT2D eigenvalue weighted by Gasteiger charge is 2.35. The standard InChI is InChI=1S/C24H21ClN2O3/c1-24(2)13-20-18(21(28)14-24)12-19(22(29)26-16-8-6-7-15(25)11-16)23(30)27(20)17-9-4-3-5-10-17/h3-12H,13-14H2,1-2H3,(H,26,29). The van der Waals surface area contributed by atoms with Gasteiger partial charge in [0.05, 0.1) is 0 Å². The lowest BCUT2D eigenvalue weighted by atomic mass is 9.75. The number of aromatic nitrogens is 1. The first-order chi connectivity index (χ1) is 14.2. The van der Waals surface area contributed by atoms with Crippen molar-refractivity contribution in [2.75, 3.05) is 5.32 Å². The van der Waals surface area contributed by atoms with Crippen molar-refractivity contribution in [2.45, 2.75) is 26.7 Å². The predicted molar refractivity (Wildman–Crippen MR) is 118 cm³/mol. The second-order valence-corrected chi connectivity index (χ2v) is 8.74. The lowest BCUT2D eigenvalue weighted by Gasteiger charge is -2.32. The van der Waals surface area contributed by atoms with Crippen LogP contribution >= 0.6 is 11.6 Å². The van der Waals surface area contributed by atoms with Crippen molar-refractivity contribution >= 4 is 29.0 Å². The summed E-state index contributed by atoms with van der Waals surface area (Å²) < 4.78 is 1.50. The van der Waals surface area contributed by atoms with Gasteiger partial charge in [-0.05, 0) is 48.2 Å². The number of fused-ring (bicyclic) bond motifs is 1. The molecule has 4 rings (SSSR count). The summed E-state index contributed by atoms with van der Waals surface area (Å²) in [5.41, 5.74) is 1.37. The Balaban J connectivity index is 1.89.